The first kappa shape index (κ1) is 15.1. The van der Waals surface area contributed by atoms with Crippen LogP contribution in [0.5, 0.6) is 0 Å². The molecule has 0 saturated heterocycles. The molecule has 0 N–H and O–H groups in total. The summed E-state index contributed by atoms with van der Waals surface area (Å²) in [6.45, 7) is 2.22. The highest BCUT2D eigenvalue weighted by atomic mass is 35.5. The van der Waals surface area contributed by atoms with Crippen LogP contribution in [-0.2, 0) is 0 Å². The van der Waals surface area contributed by atoms with Crippen molar-refractivity contribution in [2.75, 3.05) is 11.4 Å². The number of hydrogen-bond acceptors (Lipinski definition) is 2. The van der Waals surface area contributed by atoms with Crippen molar-refractivity contribution in [3.05, 3.63) is 64.7 Å². The van der Waals surface area contributed by atoms with E-state index in [4.69, 9.17) is 16.9 Å². The van der Waals surface area contributed by atoms with Gasteiger partial charge in [0.1, 0.15) is 0 Å². The van der Waals surface area contributed by atoms with E-state index in [1.54, 1.807) is 17.0 Å². The lowest BCUT2D eigenvalue weighted by Gasteiger charge is -2.22. The van der Waals surface area contributed by atoms with E-state index in [0.717, 1.165) is 11.3 Å². The van der Waals surface area contributed by atoms with Gasteiger partial charge >= 0.3 is 0 Å². The molecule has 0 saturated carbocycles. The molecule has 0 spiro atoms. The first-order valence-electron chi connectivity index (χ1n) is 6.63. The largest absolute Gasteiger partial charge is 0.307 e. The van der Waals surface area contributed by atoms with E-state index in [1.165, 1.54) is 0 Å². The highest BCUT2D eigenvalue weighted by molar-refractivity contribution is 6.31. The number of anilines is 1. The minimum Gasteiger partial charge on any atom is -0.307 e. The molecule has 0 atom stereocenters. The number of rotatable bonds is 4. The topological polar surface area (TPSA) is 44.1 Å². The summed E-state index contributed by atoms with van der Waals surface area (Å²) >= 11 is 5.99. The van der Waals surface area contributed by atoms with Crippen LogP contribution in [-0.4, -0.2) is 12.5 Å². The molecule has 2 aromatic rings. The molecule has 0 heterocycles. The molecule has 106 valence electrons. The zero-order chi connectivity index (χ0) is 15.2. The molecule has 0 unspecified atom stereocenters. The molecule has 0 fully saturated rings. The standard InChI is InChI=1S/C17H15ClN2O/c1-13-8-9-14(18)12-16(13)17(21)20(11-5-10-19)15-6-3-2-4-7-15/h2-4,6-9,12H,5,11H2,1H3. The van der Waals surface area contributed by atoms with Crippen molar-refractivity contribution in [1.29, 1.82) is 5.26 Å². The molecule has 2 rings (SSSR count). The predicted octanol–water partition coefficient (Wildman–Crippen LogP) is 4.21. The molecule has 3 nitrogen and oxygen atoms in total. The second kappa shape index (κ2) is 6.92. The minimum absolute atomic E-state index is 0.142. The monoisotopic (exact) mass is 298 g/mol. The number of halogens is 1. The fourth-order valence-electron chi connectivity index (χ4n) is 2.09. The Morgan fingerprint density at radius 3 is 2.62 bits per heavy atom. The summed E-state index contributed by atoms with van der Waals surface area (Å²) in [5.74, 6) is -0.142. The number of aryl methyl sites for hydroxylation is 1. The van der Waals surface area contributed by atoms with Gasteiger partial charge in [-0.05, 0) is 36.8 Å². The summed E-state index contributed by atoms with van der Waals surface area (Å²) in [7, 11) is 0. The van der Waals surface area contributed by atoms with Crippen LogP contribution in [0.1, 0.15) is 22.3 Å². The SMILES string of the molecule is Cc1ccc(Cl)cc1C(=O)N(CCC#N)c1ccccc1. The third kappa shape index (κ3) is 3.62. The van der Waals surface area contributed by atoms with Gasteiger partial charge in [-0.15, -0.1) is 0 Å². The Hall–Kier alpha value is -2.31. The lowest BCUT2D eigenvalue weighted by molar-refractivity contribution is 0.0987. The van der Waals surface area contributed by atoms with Crippen molar-refractivity contribution in [2.24, 2.45) is 0 Å². The summed E-state index contributed by atoms with van der Waals surface area (Å²) in [5, 5.41) is 9.33. The fourth-order valence-corrected chi connectivity index (χ4v) is 2.26. The van der Waals surface area contributed by atoms with Gasteiger partial charge in [-0.2, -0.15) is 5.26 Å². The van der Waals surface area contributed by atoms with E-state index in [-0.39, 0.29) is 12.3 Å². The number of carbonyl (C=O) groups excluding carboxylic acids is 1. The maximum Gasteiger partial charge on any atom is 0.258 e. The van der Waals surface area contributed by atoms with Gasteiger partial charge in [0.25, 0.3) is 5.91 Å². The Balaban J connectivity index is 2.39. The van der Waals surface area contributed by atoms with Gasteiger partial charge in [0, 0.05) is 22.8 Å². The second-order valence-corrected chi connectivity index (χ2v) is 5.10. The van der Waals surface area contributed by atoms with Crippen molar-refractivity contribution >= 4 is 23.2 Å². The Kier molecular flexibility index (Phi) is 4.97. The van der Waals surface area contributed by atoms with Crippen LogP contribution < -0.4 is 4.90 Å². The molecule has 0 radical (unpaired) electrons. The summed E-state index contributed by atoms with van der Waals surface area (Å²) in [4.78, 5) is 14.4. The number of para-hydroxylation sites is 1. The molecule has 2 aromatic carbocycles. The molecule has 0 aromatic heterocycles. The Morgan fingerprint density at radius 1 is 1.24 bits per heavy atom. The molecule has 0 aliphatic heterocycles. The van der Waals surface area contributed by atoms with Crippen molar-refractivity contribution < 1.29 is 4.79 Å². The van der Waals surface area contributed by atoms with E-state index in [9.17, 15) is 4.79 Å². The minimum atomic E-state index is -0.142. The molecule has 0 aliphatic rings. The number of carbonyl (C=O) groups is 1. The Morgan fingerprint density at radius 2 is 1.95 bits per heavy atom. The summed E-state index contributed by atoms with van der Waals surface area (Å²) in [6.07, 6.45) is 0.278. The van der Waals surface area contributed by atoms with Gasteiger partial charge in [-0.25, -0.2) is 0 Å². The first-order valence-corrected chi connectivity index (χ1v) is 7.01. The molecular weight excluding hydrogens is 284 g/mol. The van der Waals surface area contributed by atoms with Crippen molar-refractivity contribution in [2.45, 2.75) is 13.3 Å². The average molecular weight is 299 g/mol. The van der Waals surface area contributed by atoms with E-state index >= 15 is 0 Å². The van der Waals surface area contributed by atoms with Crippen LogP contribution in [0.2, 0.25) is 5.02 Å². The number of amides is 1. The van der Waals surface area contributed by atoms with E-state index < -0.39 is 0 Å². The van der Waals surface area contributed by atoms with E-state index in [1.807, 2.05) is 43.3 Å². The second-order valence-electron chi connectivity index (χ2n) is 4.66. The molecule has 0 aliphatic carbocycles. The third-order valence-corrected chi connectivity index (χ3v) is 3.43. The normalized spacial score (nSPS) is 9.95. The Bertz CT molecular complexity index is 677. The number of nitrogens with zero attached hydrogens (tertiary/aromatic N) is 2. The van der Waals surface area contributed by atoms with Crippen molar-refractivity contribution in [3.8, 4) is 6.07 Å². The quantitative estimate of drug-likeness (QED) is 0.848. The average Bonchev–Trinajstić information content (AvgIpc) is 2.51. The third-order valence-electron chi connectivity index (χ3n) is 3.19. The molecular formula is C17H15ClN2O. The summed E-state index contributed by atoms with van der Waals surface area (Å²) in [6, 6.07) is 16.7. The number of benzene rings is 2. The molecule has 1 amide bonds. The fraction of sp³-hybridized carbons (Fsp3) is 0.176. The van der Waals surface area contributed by atoms with Gasteiger partial charge in [0.2, 0.25) is 0 Å². The Labute approximate surface area is 129 Å². The number of nitriles is 1. The summed E-state index contributed by atoms with van der Waals surface area (Å²) < 4.78 is 0. The lowest BCUT2D eigenvalue weighted by atomic mass is 10.1. The molecule has 4 heteroatoms. The van der Waals surface area contributed by atoms with Crippen LogP contribution in [0.25, 0.3) is 0 Å². The maximum atomic E-state index is 12.8. The van der Waals surface area contributed by atoms with Crippen LogP contribution >= 0.6 is 11.6 Å². The van der Waals surface area contributed by atoms with E-state index in [0.29, 0.717) is 17.1 Å². The van der Waals surface area contributed by atoms with Crippen LogP contribution in [0, 0.1) is 18.3 Å². The van der Waals surface area contributed by atoms with Gasteiger partial charge in [0.05, 0.1) is 12.5 Å². The van der Waals surface area contributed by atoms with Crippen molar-refractivity contribution in [3.63, 3.8) is 0 Å². The van der Waals surface area contributed by atoms with Crippen LogP contribution in [0.3, 0.4) is 0 Å². The highest BCUT2D eigenvalue weighted by Gasteiger charge is 2.19. The zero-order valence-corrected chi connectivity index (χ0v) is 12.5. The van der Waals surface area contributed by atoms with Crippen LogP contribution in [0.15, 0.2) is 48.5 Å². The molecule has 0 bridgehead atoms. The first-order chi connectivity index (χ1) is 10.1. The van der Waals surface area contributed by atoms with E-state index in [2.05, 4.69) is 6.07 Å². The predicted molar refractivity (Wildman–Crippen MR) is 84.5 cm³/mol. The zero-order valence-electron chi connectivity index (χ0n) is 11.7. The van der Waals surface area contributed by atoms with Gasteiger partial charge in [-0.1, -0.05) is 35.9 Å². The van der Waals surface area contributed by atoms with Gasteiger partial charge in [-0.3, -0.25) is 4.79 Å². The maximum absolute atomic E-state index is 12.8. The van der Waals surface area contributed by atoms with Crippen molar-refractivity contribution in [1.82, 2.24) is 0 Å². The highest BCUT2D eigenvalue weighted by Crippen LogP contribution is 2.21. The molecule has 21 heavy (non-hydrogen) atoms. The summed E-state index contributed by atoms with van der Waals surface area (Å²) in [5.41, 5.74) is 2.20. The van der Waals surface area contributed by atoms with Crippen LogP contribution in [0.4, 0.5) is 5.69 Å². The number of hydrogen-bond donors (Lipinski definition) is 0. The lowest BCUT2D eigenvalue weighted by Crippen LogP contribution is -2.32. The van der Waals surface area contributed by atoms with Gasteiger partial charge < -0.3 is 4.90 Å². The van der Waals surface area contributed by atoms with Gasteiger partial charge in [0.15, 0.2) is 0 Å². The smallest absolute Gasteiger partial charge is 0.258 e.